The minimum Gasteiger partial charge on any atom is -0.393 e. The van der Waals surface area contributed by atoms with Gasteiger partial charge in [0.25, 0.3) is 0 Å². The quantitative estimate of drug-likeness (QED) is 0.699. The molecule has 0 aromatic rings. The molecular weight excluding hydrogens is 216 g/mol. The number of rotatable bonds is 4. The van der Waals surface area contributed by atoms with Gasteiger partial charge < -0.3 is 15.7 Å². The Labute approximate surface area is 103 Å². The molecule has 0 heterocycles. The van der Waals surface area contributed by atoms with Crippen LogP contribution in [-0.2, 0) is 0 Å². The van der Waals surface area contributed by atoms with E-state index in [9.17, 15) is 9.90 Å². The number of urea groups is 1. The van der Waals surface area contributed by atoms with Crippen LogP contribution in [0.4, 0.5) is 4.79 Å². The predicted octanol–water partition coefficient (Wildman–Crippen LogP) is 1.64. The fourth-order valence-corrected chi connectivity index (χ4v) is 2.99. The highest BCUT2D eigenvalue weighted by Gasteiger charge is 2.23. The number of carbonyl (C=O) groups excluding carboxylic acids is 1. The standard InChI is InChI=1S/C13H24N2O2/c16-12-6-5-11(7-12)9-15-13(17)14-8-10-3-1-2-4-10/h10-12,16H,1-9H2,(H2,14,15,17). The molecular formula is C13H24N2O2. The van der Waals surface area contributed by atoms with Crippen molar-refractivity contribution in [3.8, 4) is 0 Å². The van der Waals surface area contributed by atoms with Crippen LogP contribution in [0.3, 0.4) is 0 Å². The van der Waals surface area contributed by atoms with Crippen LogP contribution in [0.2, 0.25) is 0 Å². The van der Waals surface area contributed by atoms with Gasteiger partial charge in [-0.2, -0.15) is 0 Å². The van der Waals surface area contributed by atoms with Crippen LogP contribution in [0.25, 0.3) is 0 Å². The second-order valence-electron chi connectivity index (χ2n) is 5.57. The highest BCUT2D eigenvalue weighted by Crippen LogP contribution is 2.25. The third-order valence-electron chi connectivity index (χ3n) is 4.09. The molecule has 17 heavy (non-hydrogen) atoms. The Morgan fingerprint density at radius 3 is 2.24 bits per heavy atom. The molecule has 2 saturated carbocycles. The van der Waals surface area contributed by atoms with Crippen molar-refractivity contribution in [2.24, 2.45) is 11.8 Å². The van der Waals surface area contributed by atoms with E-state index < -0.39 is 0 Å². The van der Waals surface area contributed by atoms with E-state index in [4.69, 9.17) is 0 Å². The van der Waals surface area contributed by atoms with E-state index in [-0.39, 0.29) is 12.1 Å². The first-order valence-electron chi connectivity index (χ1n) is 6.94. The average molecular weight is 240 g/mol. The fraction of sp³-hybridized carbons (Fsp3) is 0.923. The van der Waals surface area contributed by atoms with E-state index in [0.717, 1.165) is 25.8 Å². The van der Waals surface area contributed by atoms with Crippen molar-refractivity contribution in [3.05, 3.63) is 0 Å². The van der Waals surface area contributed by atoms with Gasteiger partial charge in [0.15, 0.2) is 0 Å². The number of aliphatic hydroxyl groups is 1. The van der Waals surface area contributed by atoms with Gasteiger partial charge >= 0.3 is 6.03 Å². The molecule has 2 atom stereocenters. The summed E-state index contributed by atoms with van der Waals surface area (Å²) in [5.41, 5.74) is 0. The molecule has 98 valence electrons. The smallest absolute Gasteiger partial charge is 0.314 e. The largest absolute Gasteiger partial charge is 0.393 e. The maximum absolute atomic E-state index is 11.6. The molecule has 2 aliphatic rings. The zero-order valence-corrected chi connectivity index (χ0v) is 10.5. The minimum atomic E-state index is -0.150. The number of nitrogens with one attached hydrogen (secondary N) is 2. The number of hydrogen-bond acceptors (Lipinski definition) is 2. The van der Waals surface area contributed by atoms with Crippen LogP contribution in [0.5, 0.6) is 0 Å². The molecule has 0 saturated heterocycles. The number of hydrogen-bond donors (Lipinski definition) is 3. The van der Waals surface area contributed by atoms with Gasteiger partial charge in [0.05, 0.1) is 6.10 Å². The van der Waals surface area contributed by atoms with Gasteiger partial charge in [-0.15, -0.1) is 0 Å². The molecule has 3 N–H and O–H groups in total. The lowest BCUT2D eigenvalue weighted by molar-refractivity contribution is 0.177. The summed E-state index contributed by atoms with van der Waals surface area (Å²) < 4.78 is 0. The van der Waals surface area contributed by atoms with Crippen molar-refractivity contribution in [2.45, 2.75) is 51.0 Å². The third-order valence-corrected chi connectivity index (χ3v) is 4.09. The van der Waals surface area contributed by atoms with Crippen molar-refractivity contribution >= 4 is 6.03 Å². The lowest BCUT2D eigenvalue weighted by Gasteiger charge is -2.14. The van der Waals surface area contributed by atoms with E-state index in [1.165, 1.54) is 25.7 Å². The topological polar surface area (TPSA) is 61.4 Å². The summed E-state index contributed by atoms with van der Waals surface area (Å²) in [7, 11) is 0. The van der Waals surface area contributed by atoms with Gasteiger partial charge in [0.2, 0.25) is 0 Å². The van der Waals surface area contributed by atoms with Crippen LogP contribution in [0.15, 0.2) is 0 Å². The van der Waals surface area contributed by atoms with E-state index in [2.05, 4.69) is 10.6 Å². The zero-order chi connectivity index (χ0) is 12.1. The summed E-state index contributed by atoms with van der Waals surface area (Å²) in [6.45, 7) is 1.52. The lowest BCUT2D eigenvalue weighted by atomic mass is 10.1. The maximum Gasteiger partial charge on any atom is 0.314 e. The molecule has 2 aliphatic carbocycles. The van der Waals surface area contributed by atoms with Crippen LogP contribution in [0, 0.1) is 11.8 Å². The highest BCUT2D eigenvalue weighted by atomic mass is 16.3. The summed E-state index contributed by atoms with van der Waals surface area (Å²) in [4.78, 5) is 11.6. The van der Waals surface area contributed by atoms with E-state index in [1.807, 2.05) is 0 Å². The molecule has 2 unspecified atom stereocenters. The van der Waals surface area contributed by atoms with Crippen molar-refractivity contribution in [2.75, 3.05) is 13.1 Å². The van der Waals surface area contributed by atoms with Crippen molar-refractivity contribution in [1.82, 2.24) is 10.6 Å². The van der Waals surface area contributed by atoms with Crippen LogP contribution in [0.1, 0.15) is 44.9 Å². The van der Waals surface area contributed by atoms with Gasteiger partial charge in [-0.25, -0.2) is 4.79 Å². The molecule has 0 aliphatic heterocycles. The lowest BCUT2D eigenvalue weighted by Crippen LogP contribution is -2.39. The van der Waals surface area contributed by atoms with Crippen LogP contribution in [-0.4, -0.2) is 30.3 Å². The molecule has 0 aromatic heterocycles. The second kappa shape index (κ2) is 6.24. The van der Waals surface area contributed by atoms with E-state index in [0.29, 0.717) is 18.4 Å². The summed E-state index contributed by atoms with van der Waals surface area (Å²) in [5.74, 6) is 1.15. The van der Waals surface area contributed by atoms with Crippen LogP contribution >= 0.6 is 0 Å². The molecule has 0 aromatic carbocycles. The summed E-state index contributed by atoms with van der Waals surface area (Å²) in [6.07, 6.45) is 7.75. The molecule has 0 radical (unpaired) electrons. The maximum atomic E-state index is 11.6. The zero-order valence-electron chi connectivity index (χ0n) is 10.5. The second-order valence-corrected chi connectivity index (χ2v) is 5.57. The van der Waals surface area contributed by atoms with Gasteiger partial charge in [-0.05, 0) is 43.9 Å². The van der Waals surface area contributed by atoms with Gasteiger partial charge in [0, 0.05) is 13.1 Å². The summed E-state index contributed by atoms with van der Waals surface area (Å²) >= 11 is 0. The third kappa shape index (κ3) is 4.19. The van der Waals surface area contributed by atoms with Crippen molar-refractivity contribution < 1.29 is 9.90 Å². The molecule has 0 spiro atoms. The number of aliphatic hydroxyl groups excluding tert-OH is 1. The number of amides is 2. The molecule has 4 heteroatoms. The molecule has 2 rings (SSSR count). The molecule has 2 amide bonds. The number of carbonyl (C=O) groups is 1. The first-order valence-corrected chi connectivity index (χ1v) is 6.94. The average Bonchev–Trinajstić information content (AvgIpc) is 2.95. The Bertz CT molecular complexity index is 252. The first-order chi connectivity index (χ1) is 8.24. The van der Waals surface area contributed by atoms with Gasteiger partial charge in [0.1, 0.15) is 0 Å². The molecule has 0 bridgehead atoms. The Balaban J connectivity index is 1.54. The predicted molar refractivity (Wildman–Crippen MR) is 66.7 cm³/mol. The summed E-state index contributed by atoms with van der Waals surface area (Å²) in [6, 6.07) is -0.0433. The monoisotopic (exact) mass is 240 g/mol. The highest BCUT2D eigenvalue weighted by molar-refractivity contribution is 5.73. The Kier molecular flexibility index (Phi) is 4.66. The first kappa shape index (κ1) is 12.7. The SMILES string of the molecule is O=C(NCC1CCCC1)NCC1CCC(O)C1. The summed E-state index contributed by atoms with van der Waals surface area (Å²) in [5, 5.41) is 15.2. The molecule has 4 nitrogen and oxygen atoms in total. The van der Waals surface area contributed by atoms with Crippen molar-refractivity contribution in [1.29, 1.82) is 0 Å². The fourth-order valence-electron chi connectivity index (χ4n) is 2.99. The normalized spacial score (nSPS) is 29.5. The van der Waals surface area contributed by atoms with Gasteiger partial charge in [-0.1, -0.05) is 12.8 Å². The Morgan fingerprint density at radius 1 is 1.00 bits per heavy atom. The van der Waals surface area contributed by atoms with Crippen molar-refractivity contribution in [3.63, 3.8) is 0 Å². The Morgan fingerprint density at radius 2 is 1.65 bits per heavy atom. The van der Waals surface area contributed by atoms with Crippen LogP contribution < -0.4 is 10.6 Å². The minimum absolute atomic E-state index is 0.0433. The molecule has 2 fully saturated rings. The Hall–Kier alpha value is -0.770. The van der Waals surface area contributed by atoms with E-state index >= 15 is 0 Å². The van der Waals surface area contributed by atoms with E-state index in [1.54, 1.807) is 0 Å². The van der Waals surface area contributed by atoms with Gasteiger partial charge in [-0.3, -0.25) is 0 Å².